The molecule has 1 fully saturated rings. The van der Waals surface area contributed by atoms with E-state index in [0.29, 0.717) is 0 Å². The molecule has 0 spiro atoms. The molecule has 0 aromatic rings. The number of morpholine rings is 1. The molecule has 1 heterocycles. The van der Waals surface area contributed by atoms with Crippen LogP contribution in [-0.4, -0.2) is 43.1 Å². The number of alkyl halides is 1. The van der Waals surface area contributed by atoms with Crippen LogP contribution in [0.4, 0.5) is 0 Å². The monoisotopic (exact) mass is 233 g/mol. The van der Waals surface area contributed by atoms with Gasteiger partial charge < -0.3 is 4.74 Å². The first-order chi connectivity index (χ1) is 5.83. The molecule has 0 aromatic heterocycles. The lowest BCUT2D eigenvalue weighted by Gasteiger charge is -2.26. The van der Waals surface area contributed by atoms with E-state index in [4.69, 9.17) is 4.74 Å². The second kappa shape index (κ2) is 5.73. The van der Waals surface area contributed by atoms with E-state index >= 15 is 0 Å². The lowest BCUT2D eigenvalue weighted by molar-refractivity contribution is 0.0385. The molecule has 2 nitrogen and oxygen atoms in total. The third kappa shape index (κ3) is 3.70. The van der Waals surface area contributed by atoms with Gasteiger partial charge in [-0.15, -0.1) is 0 Å². The number of halogens is 1. The first kappa shape index (κ1) is 10.2. The molecule has 0 unspecified atom stereocenters. The van der Waals surface area contributed by atoms with E-state index in [1.807, 2.05) is 0 Å². The average Bonchev–Trinajstić information content (AvgIpc) is 2.16. The van der Waals surface area contributed by atoms with Crippen molar-refractivity contribution in [1.29, 1.82) is 0 Å². The van der Waals surface area contributed by atoms with Gasteiger partial charge in [0.2, 0.25) is 0 Å². The van der Waals surface area contributed by atoms with Gasteiger partial charge in [0, 0.05) is 25.0 Å². The summed E-state index contributed by atoms with van der Waals surface area (Å²) in [5.41, 5.74) is 1.28. The summed E-state index contributed by atoms with van der Waals surface area (Å²) >= 11 is 3.40. The van der Waals surface area contributed by atoms with Crippen molar-refractivity contribution in [2.45, 2.75) is 6.42 Å². The highest BCUT2D eigenvalue weighted by Gasteiger charge is 2.09. The maximum atomic E-state index is 5.26. The maximum absolute atomic E-state index is 5.26. The van der Waals surface area contributed by atoms with E-state index in [-0.39, 0.29) is 0 Å². The van der Waals surface area contributed by atoms with Gasteiger partial charge in [0.05, 0.1) is 13.2 Å². The second-order valence-electron chi connectivity index (χ2n) is 3.09. The van der Waals surface area contributed by atoms with Crippen molar-refractivity contribution in [3.63, 3.8) is 0 Å². The molecular formula is C9H16BrNO. The molecule has 0 atom stereocenters. The van der Waals surface area contributed by atoms with E-state index in [1.165, 1.54) is 5.57 Å². The van der Waals surface area contributed by atoms with Gasteiger partial charge in [-0.1, -0.05) is 28.1 Å². The smallest absolute Gasteiger partial charge is 0.0594 e. The van der Waals surface area contributed by atoms with Crippen LogP contribution in [0, 0.1) is 0 Å². The molecule has 0 aliphatic carbocycles. The number of nitrogens with zero attached hydrogens (tertiary/aromatic N) is 1. The Morgan fingerprint density at radius 1 is 1.42 bits per heavy atom. The van der Waals surface area contributed by atoms with Crippen molar-refractivity contribution in [3.8, 4) is 0 Å². The summed E-state index contributed by atoms with van der Waals surface area (Å²) in [7, 11) is 0. The fourth-order valence-corrected chi connectivity index (χ4v) is 1.49. The summed E-state index contributed by atoms with van der Waals surface area (Å²) in [6.07, 6.45) is 1.10. The second-order valence-corrected chi connectivity index (χ2v) is 3.65. The third-order valence-electron chi connectivity index (χ3n) is 2.07. The summed E-state index contributed by atoms with van der Waals surface area (Å²) < 4.78 is 5.26. The summed E-state index contributed by atoms with van der Waals surface area (Å²) in [6.45, 7) is 9.02. The summed E-state index contributed by atoms with van der Waals surface area (Å²) in [4.78, 5) is 2.43. The molecule has 1 saturated heterocycles. The van der Waals surface area contributed by atoms with Crippen LogP contribution in [0.3, 0.4) is 0 Å². The molecule has 3 heteroatoms. The van der Waals surface area contributed by atoms with Gasteiger partial charge in [0.25, 0.3) is 0 Å². The minimum Gasteiger partial charge on any atom is -0.379 e. The highest BCUT2D eigenvalue weighted by molar-refractivity contribution is 9.09. The number of rotatable bonds is 4. The zero-order chi connectivity index (χ0) is 8.81. The number of hydrogen-bond acceptors (Lipinski definition) is 2. The van der Waals surface area contributed by atoms with Crippen LogP contribution < -0.4 is 0 Å². The van der Waals surface area contributed by atoms with Crippen LogP contribution in [0.5, 0.6) is 0 Å². The quantitative estimate of drug-likeness (QED) is 0.541. The van der Waals surface area contributed by atoms with Crippen molar-refractivity contribution in [2.24, 2.45) is 0 Å². The van der Waals surface area contributed by atoms with Crippen molar-refractivity contribution in [3.05, 3.63) is 12.2 Å². The van der Waals surface area contributed by atoms with Crippen LogP contribution in [0.1, 0.15) is 6.42 Å². The average molecular weight is 234 g/mol. The van der Waals surface area contributed by atoms with Gasteiger partial charge in [-0.2, -0.15) is 0 Å². The van der Waals surface area contributed by atoms with Crippen molar-refractivity contribution >= 4 is 15.9 Å². The fourth-order valence-electron chi connectivity index (χ4n) is 1.21. The predicted octanol–water partition coefficient (Wildman–Crippen LogP) is 1.66. The summed E-state index contributed by atoms with van der Waals surface area (Å²) in [6, 6.07) is 0. The zero-order valence-corrected chi connectivity index (χ0v) is 8.98. The normalized spacial score (nSPS) is 19.4. The van der Waals surface area contributed by atoms with E-state index in [0.717, 1.165) is 44.6 Å². The fraction of sp³-hybridized carbons (Fsp3) is 0.778. The van der Waals surface area contributed by atoms with Gasteiger partial charge in [0.1, 0.15) is 0 Å². The molecule has 1 aliphatic rings. The maximum Gasteiger partial charge on any atom is 0.0594 e. The van der Waals surface area contributed by atoms with E-state index in [2.05, 4.69) is 27.4 Å². The standard InChI is InChI=1S/C9H16BrNO/c1-9(8-10)2-3-11-4-6-12-7-5-11/h1-8H2. The summed E-state index contributed by atoms with van der Waals surface area (Å²) in [5, 5.41) is 0.928. The summed E-state index contributed by atoms with van der Waals surface area (Å²) in [5.74, 6) is 0. The third-order valence-corrected chi connectivity index (χ3v) is 2.87. The van der Waals surface area contributed by atoms with Crippen LogP contribution in [0.2, 0.25) is 0 Å². The molecule has 0 amide bonds. The zero-order valence-electron chi connectivity index (χ0n) is 7.39. The minimum absolute atomic E-state index is 0.890. The molecule has 1 aliphatic heterocycles. The molecule has 0 bridgehead atoms. The highest BCUT2D eigenvalue weighted by atomic mass is 79.9. The molecule has 70 valence electrons. The first-order valence-corrected chi connectivity index (χ1v) is 5.48. The molecule has 12 heavy (non-hydrogen) atoms. The van der Waals surface area contributed by atoms with Crippen LogP contribution in [-0.2, 0) is 4.74 Å². The molecular weight excluding hydrogens is 218 g/mol. The van der Waals surface area contributed by atoms with E-state index in [9.17, 15) is 0 Å². The van der Waals surface area contributed by atoms with E-state index < -0.39 is 0 Å². The molecule has 0 radical (unpaired) electrons. The lowest BCUT2D eigenvalue weighted by atomic mass is 10.2. The van der Waals surface area contributed by atoms with Crippen LogP contribution in [0.25, 0.3) is 0 Å². The highest BCUT2D eigenvalue weighted by Crippen LogP contribution is 2.05. The number of hydrogen-bond donors (Lipinski definition) is 0. The molecule has 0 saturated carbocycles. The van der Waals surface area contributed by atoms with Gasteiger partial charge >= 0.3 is 0 Å². The Kier molecular flexibility index (Phi) is 4.88. The predicted molar refractivity (Wildman–Crippen MR) is 54.8 cm³/mol. The van der Waals surface area contributed by atoms with Crippen LogP contribution in [0.15, 0.2) is 12.2 Å². The SMILES string of the molecule is C=C(CBr)CCN1CCOCC1. The Morgan fingerprint density at radius 2 is 2.08 bits per heavy atom. The largest absolute Gasteiger partial charge is 0.379 e. The molecule has 1 rings (SSSR count). The Balaban J connectivity index is 2.09. The Morgan fingerprint density at radius 3 is 2.67 bits per heavy atom. The van der Waals surface area contributed by atoms with Gasteiger partial charge in [-0.05, 0) is 6.42 Å². The molecule has 0 aromatic carbocycles. The lowest BCUT2D eigenvalue weighted by Crippen LogP contribution is -2.36. The van der Waals surface area contributed by atoms with Crippen molar-refractivity contribution < 1.29 is 4.74 Å². The Bertz CT molecular complexity index is 143. The Labute approximate surface area is 82.7 Å². The molecule has 0 N–H and O–H groups in total. The van der Waals surface area contributed by atoms with Gasteiger partial charge in [0.15, 0.2) is 0 Å². The van der Waals surface area contributed by atoms with Crippen molar-refractivity contribution in [1.82, 2.24) is 4.90 Å². The topological polar surface area (TPSA) is 12.5 Å². The Hall–Kier alpha value is 0.140. The first-order valence-electron chi connectivity index (χ1n) is 4.35. The van der Waals surface area contributed by atoms with E-state index in [1.54, 1.807) is 0 Å². The minimum atomic E-state index is 0.890. The van der Waals surface area contributed by atoms with Crippen LogP contribution >= 0.6 is 15.9 Å². The van der Waals surface area contributed by atoms with Gasteiger partial charge in [-0.3, -0.25) is 4.90 Å². The van der Waals surface area contributed by atoms with Crippen molar-refractivity contribution in [2.75, 3.05) is 38.2 Å². The number of ether oxygens (including phenoxy) is 1. The van der Waals surface area contributed by atoms with Gasteiger partial charge in [-0.25, -0.2) is 0 Å².